The molecule has 138 valence electrons. The van der Waals surface area contributed by atoms with Crippen molar-refractivity contribution >= 4 is 11.9 Å². The Morgan fingerprint density at radius 2 is 1.74 bits per heavy atom. The van der Waals surface area contributed by atoms with Gasteiger partial charge in [-0.15, -0.1) is 0 Å². The average molecular weight is 363 g/mol. The van der Waals surface area contributed by atoms with Gasteiger partial charge < -0.3 is 9.64 Å². The van der Waals surface area contributed by atoms with Gasteiger partial charge in [0, 0.05) is 32.1 Å². The minimum absolute atomic E-state index is 0.287. The van der Waals surface area contributed by atoms with Gasteiger partial charge in [0.25, 0.3) is 5.91 Å². The third kappa shape index (κ3) is 4.61. The van der Waals surface area contributed by atoms with E-state index in [2.05, 4.69) is 5.10 Å². The van der Waals surface area contributed by atoms with E-state index < -0.39 is 12.1 Å². The third-order valence-electron chi connectivity index (χ3n) is 4.09. The highest BCUT2D eigenvalue weighted by Gasteiger charge is 2.26. The van der Waals surface area contributed by atoms with Crippen LogP contribution in [0.5, 0.6) is 0 Å². The van der Waals surface area contributed by atoms with Crippen LogP contribution >= 0.6 is 0 Å². The molecule has 3 rings (SSSR count). The van der Waals surface area contributed by atoms with Crippen molar-refractivity contribution in [1.29, 1.82) is 0 Å². The van der Waals surface area contributed by atoms with Crippen LogP contribution in [-0.4, -0.2) is 40.7 Å². The molecule has 27 heavy (non-hydrogen) atoms. The zero-order chi connectivity index (χ0) is 19.2. The molecule has 2 aromatic carbocycles. The number of likely N-dealkylation sites (N-methyl/N-ethyl adjacent to an activating group) is 1. The van der Waals surface area contributed by atoms with E-state index in [0.717, 1.165) is 5.56 Å². The Morgan fingerprint density at radius 3 is 2.33 bits per heavy atom. The Hall–Kier alpha value is -3.41. The van der Waals surface area contributed by atoms with Crippen molar-refractivity contribution in [2.75, 3.05) is 14.1 Å². The Labute approximate surface area is 158 Å². The van der Waals surface area contributed by atoms with Crippen molar-refractivity contribution in [3.8, 4) is 0 Å². The highest BCUT2D eigenvalue weighted by atomic mass is 16.5. The van der Waals surface area contributed by atoms with Crippen LogP contribution in [0.25, 0.3) is 0 Å². The smallest absolute Gasteiger partial charge is 0.339 e. The summed E-state index contributed by atoms with van der Waals surface area (Å²) < 4.78 is 7.34. The van der Waals surface area contributed by atoms with Crippen LogP contribution in [-0.2, 0) is 16.1 Å². The van der Waals surface area contributed by atoms with Gasteiger partial charge in [0.2, 0.25) is 6.10 Å². The maximum Gasteiger partial charge on any atom is 0.339 e. The van der Waals surface area contributed by atoms with E-state index in [-0.39, 0.29) is 5.91 Å². The van der Waals surface area contributed by atoms with Crippen LogP contribution in [0.4, 0.5) is 0 Å². The summed E-state index contributed by atoms with van der Waals surface area (Å²) in [5, 5.41) is 4.16. The van der Waals surface area contributed by atoms with Crippen molar-refractivity contribution in [3.05, 3.63) is 89.7 Å². The quantitative estimate of drug-likeness (QED) is 0.632. The number of carbonyl (C=O) groups is 2. The zero-order valence-corrected chi connectivity index (χ0v) is 15.3. The number of rotatable bonds is 6. The second-order valence-corrected chi connectivity index (χ2v) is 6.33. The Morgan fingerprint density at radius 1 is 1.04 bits per heavy atom. The molecule has 0 fully saturated rings. The number of aromatic nitrogens is 2. The Kier molecular flexibility index (Phi) is 5.66. The minimum atomic E-state index is -0.975. The maximum absolute atomic E-state index is 12.6. The summed E-state index contributed by atoms with van der Waals surface area (Å²) in [5.41, 5.74) is 2.05. The van der Waals surface area contributed by atoms with Gasteiger partial charge in [0.05, 0.1) is 12.1 Å². The van der Waals surface area contributed by atoms with Gasteiger partial charge >= 0.3 is 5.97 Å². The van der Waals surface area contributed by atoms with Crippen LogP contribution < -0.4 is 0 Å². The molecule has 0 bridgehead atoms. The van der Waals surface area contributed by atoms with Crippen LogP contribution in [0.15, 0.2) is 73.1 Å². The number of hydrogen-bond donors (Lipinski definition) is 0. The normalized spacial score (nSPS) is 11.6. The van der Waals surface area contributed by atoms with Gasteiger partial charge in [-0.25, -0.2) is 4.79 Å². The summed E-state index contributed by atoms with van der Waals surface area (Å²) >= 11 is 0. The molecule has 1 atom stereocenters. The molecular formula is C21H21N3O3. The predicted octanol–water partition coefficient (Wildman–Crippen LogP) is 2.92. The van der Waals surface area contributed by atoms with E-state index in [1.807, 2.05) is 42.6 Å². The van der Waals surface area contributed by atoms with Crippen molar-refractivity contribution in [1.82, 2.24) is 14.7 Å². The lowest BCUT2D eigenvalue weighted by atomic mass is 10.1. The second-order valence-electron chi connectivity index (χ2n) is 6.33. The van der Waals surface area contributed by atoms with Crippen LogP contribution in [0.2, 0.25) is 0 Å². The molecule has 0 saturated heterocycles. The lowest BCUT2D eigenvalue weighted by Gasteiger charge is -2.21. The third-order valence-corrected chi connectivity index (χ3v) is 4.09. The molecule has 0 spiro atoms. The highest BCUT2D eigenvalue weighted by Crippen LogP contribution is 2.21. The summed E-state index contributed by atoms with van der Waals surface area (Å²) in [6, 6.07) is 18.0. The van der Waals surface area contributed by atoms with Crippen LogP contribution in [0.1, 0.15) is 27.6 Å². The molecule has 1 unspecified atom stereocenters. The first-order valence-corrected chi connectivity index (χ1v) is 8.58. The standard InChI is InChI=1S/C21H21N3O3/c1-23(2)20(25)19(17-7-4-3-5-8-17)27-21(26)18-11-9-16(10-12-18)15-24-14-6-13-22-24/h3-14,19H,15H2,1-2H3. The van der Waals surface area contributed by atoms with Gasteiger partial charge in [-0.05, 0) is 23.8 Å². The lowest BCUT2D eigenvalue weighted by molar-refractivity contribution is -0.138. The zero-order valence-electron chi connectivity index (χ0n) is 15.3. The molecule has 6 heteroatoms. The molecule has 6 nitrogen and oxygen atoms in total. The van der Waals surface area contributed by atoms with Crippen molar-refractivity contribution in [3.63, 3.8) is 0 Å². The fraction of sp³-hybridized carbons (Fsp3) is 0.190. The van der Waals surface area contributed by atoms with E-state index in [9.17, 15) is 9.59 Å². The minimum Gasteiger partial charge on any atom is -0.444 e. The predicted molar refractivity (Wildman–Crippen MR) is 101 cm³/mol. The molecule has 0 N–H and O–H groups in total. The first kappa shape index (κ1) is 18.4. The van der Waals surface area contributed by atoms with Crippen molar-refractivity contribution in [2.45, 2.75) is 12.6 Å². The molecular weight excluding hydrogens is 342 g/mol. The summed E-state index contributed by atoms with van der Waals surface area (Å²) in [5.74, 6) is -0.824. The number of amides is 1. The SMILES string of the molecule is CN(C)C(=O)C(OC(=O)c1ccc(Cn2cccn2)cc1)c1ccccc1. The Bertz CT molecular complexity index is 888. The number of ether oxygens (including phenoxy) is 1. The van der Waals surface area contributed by atoms with E-state index in [1.165, 1.54) is 4.90 Å². The van der Waals surface area contributed by atoms with Gasteiger partial charge in [0.15, 0.2) is 0 Å². The van der Waals surface area contributed by atoms with E-state index in [1.54, 1.807) is 49.2 Å². The van der Waals surface area contributed by atoms with E-state index in [4.69, 9.17) is 4.74 Å². The lowest BCUT2D eigenvalue weighted by Crippen LogP contribution is -2.31. The topological polar surface area (TPSA) is 64.4 Å². The second kappa shape index (κ2) is 8.31. The highest BCUT2D eigenvalue weighted by molar-refractivity contribution is 5.92. The van der Waals surface area contributed by atoms with E-state index >= 15 is 0 Å². The molecule has 0 aliphatic rings. The molecule has 3 aromatic rings. The fourth-order valence-electron chi connectivity index (χ4n) is 2.63. The first-order valence-electron chi connectivity index (χ1n) is 8.58. The number of benzene rings is 2. The molecule has 1 heterocycles. The van der Waals surface area contributed by atoms with Crippen molar-refractivity contribution in [2.24, 2.45) is 0 Å². The summed E-state index contributed by atoms with van der Waals surface area (Å²) in [6.07, 6.45) is 2.62. The average Bonchev–Trinajstić information content (AvgIpc) is 3.19. The molecule has 0 aliphatic carbocycles. The molecule has 0 aliphatic heterocycles. The fourth-order valence-corrected chi connectivity index (χ4v) is 2.63. The van der Waals surface area contributed by atoms with Gasteiger partial charge in [0.1, 0.15) is 0 Å². The van der Waals surface area contributed by atoms with Gasteiger partial charge in [-0.2, -0.15) is 5.10 Å². The maximum atomic E-state index is 12.6. The number of carbonyl (C=O) groups excluding carboxylic acids is 2. The summed E-state index contributed by atoms with van der Waals surface area (Å²) in [7, 11) is 3.27. The largest absolute Gasteiger partial charge is 0.444 e. The number of nitrogens with zero attached hydrogens (tertiary/aromatic N) is 3. The number of hydrogen-bond acceptors (Lipinski definition) is 4. The Balaban J connectivity index is 1.74. The van der Waals surface area contributed by atoms with Gasteiger partial charge in [-0.3, -0.25) is 9.48 Å². The van der Waals surface area contributed by atoms with Crippen LogP contribution in [0.3, 0.4) is 0 Å². The molecule has 0 saturated carbocycles. The summed E-state index contributed by atoms with van der Waals surface area (Å²) in [4.78, 5) is 26.5. The summed E-state index contributed by atoms with van der Waals surface area (Å²) in [6.45, 7) is 0.619. The molecule has 1 aromatic heterocycles. The molecule has 1 amide bonds. The monoisotopic (exact) mass is 363 g/mol. The van der Waals surface area contributed by atoms with Gasteiger partial charge in [-0.1, -0.05) is 42.5 Å². The number of esters is 1. The van der Waals surface area contributed by atoms with Crippen molar-refractivity contribution < 1.29 is 14.3 Å². The van der Waals surface area contributed by atoms with Crippen LogP contribution in [0, 0.1) is 0 Å². The van der Waals surface area contributed by atoms with E-state index in [0.29, 0.717) is 17.7 Å². The first-order chi connectivity index (χ1) is 13.0. The molecule has 0 radical (unpaired) electrons.